The first-order valence-corrected chi connectivity index (χ1v) is 8.66. The van der Waals surface area contributed by atoms with Crippen LogP contribution in [0.15, 0.2) is 23.1 Å². The van der Waals surface area contributed by atoms with Crippen molar-refractivity contribution < 1.29 is 8.42 Å². The van der Waals surface area contributed by atoms with Gasteiger partial charge in [0.15, 0.2) is 0 Å². The van der Waals surface area contributed by atoms with Crippen LogP contribution in [0.5, 0.6) is 0 Å². The lowest BCUT2D eigenvalue weighted by molar-refractivity contribution is 0.212. The fourth-order valence-electron chi connectivity index (χ4n) is 2.46. The molecule has 1 aliphatic heterocycles. The Kier molecular flexibility index (Phi) is 4.74. The number of benzene rings is 1. The molecule has 0 saturated carbocycles. The molecule has 2 unspecified atom stereocenters. The van der Waals surface area contributed by atoms with Gasteiger partial charge in [-0.1, -0.05) is 31.5 Å². The minimum atomic E-state index is -3.51. The van der Waals surface area contributed by atoms with Gasteiger partial charge in [0, 0.05) is 19.6 Å². The Morgan fingerprint density at radius 3 is 2.60 bits per heavy atom. The molecule has 1 fully saturated rings. The number of sulfonamides is 1. The smallest absolute Gasteiger partial charge is 0.244 e. The van der Waals surface area contributed by atoms with E-state index in [0.29, 0.717) is 31.5 Å². The van der Waals surface area contributed by atoms with Crippen molar-refractivity contribution in [1.29, 1.82) is 0 Å². The fourth-order valence-corrected chi connectivity index (χ4v) is 4.56. The molecule has 1 heterocycles. The van der Waals surface area contributed by atoms with E-state index in [1.807, 2.05) is 0 Å². The molecule has 2 atom stereocenters. The van der Waals surface area contributed by atoms with Crippen molar-refractivity contribution in [3.63, 3.8) is 0 Å². The Morgan fingerprint density at radius 1 is 1.35 bits per heavy atom. The summed E-state index contributed by atoms with van der Waals surface area (Å²) in [7, 11) is -3.51. The van der Waals surface area contributed by atoms with Crippen LogP contribution in [0.25, 0.3) is 0 Å². The summed E-state index contributed by atoms with van der Waals surface area (Å²) >= 11 is 6.12. The van der Waals surface area contributed by atoms with E-state index < -0.39 is 10.0 Å². The maximum atomic E-state index is 12.7. The van der Waals surface area contributed by atoms with Gasteiger partial charge in [0.1, 0.15) is 4.90 Å². The van der Waals surface area contributed by atoms with E-state index in [1.165, 1.54) is 0 Å². The van der Waals surface area contributed by atoms with Gasteiger partial charge < -0.3 is 5.73 Å². The number of nitrogens with two attached hydrogens (primary N) is 1. The SMILES string of the molecule is CC1CCN(S(=O)(=O)c2ccc(CN)cc2Cl)CC1C. The number of nitrogens with zero attached hydrogens (tertiary/aromatic N) is 1. The molecule has 0 aromatic heterocycles. The summed E-state index contributed by atoms with van der Waals surface area (Å²) in [6.45, 7) is 5.71. The summed E-state index contributed by atoms with van der Waals surface area (Å²) in [4.78, 5) is 0.179. The van der Waals surface area contributed by atoms with Crippen molar-refractivity contribution in [3.05, 3.63) is 28.8 Å². The number of hydrogen-bond acceptors (Lipinski definition) is 3. The highest BCUT2D eigenvalue weighted by Gasteiger charge is 2.32. The zero-order chi connectivity index (χ0) is 14.9. The first-order chi connectivity index (χ1) is 9.36. The zero-order valence-corrected chi connectivity index (χ0v) is 13.4. The van der Waals surface area contributed by atoms with Crippen LogP contribution in [0.2, 0.25) is 5.02 Å². The average Bonchev–Trinajstić information content (AvgIpc) is 2.41. The highest BCUT2D eigenvalue weighted by Crippen LogP contribution is 2.30. The third kappa shape index (κ3) is 3.01. The first kappa shape index (κ1) is 15.8. The summed E-state index contributed by atoms with van der Waals surface area (Å²) in [5.41, 5.74) is 6.36. The van der Waals surface area contributed by atoms with E-state index in [9.17, 15) is 8.42 Å². The van der Waals surface area contributed by atoms with Crippen molar-refractivity contribution >= 4 is 21.6 Å². The second kappa shape index (κ2) is 6.02. The van der Waals surface area contributed by atoms with Gasteiger partial charge in [-0.25, -0.2) is 8.42 Å². The summed E-state index contributed by atoms with van der Waals surface area (Å²) in [5.74, 6) is 0.914. The van der Waals surface area contributed by atoms with Crippen LogP contribution in [0.3, 0.4) is 0 Å². The van der Waals surface area contributed by atoms with E-state index in [4.69, 9.17) is 17.3 Å². The lowest BCUT2D eigenvalue weighted by Crippen LogP contribution is -2.42. The Balaban J connectivity index is 2.31. The summed E-state index contributed by atoms with van der Waals surface area (Å²) in [5, 5.41) is 0.249. The van der Waals surface area contributed by atoms with E-state index in [2.05, 4.69) is 13.8 Å². The monoisotopic (exact) mass is 316 g/mol. The Labute approximate surface area is 126 Å². The Bertz CT molecular complexity index is 589. The van der Waals surface area contributed by atoms with Gasteiger partial charge in [0.05, 0.1) is 5.02 Å². The van der Waals surface area contributed by atoms with Crippen molar-refractivity contribution in [2.24, 2.45) is 17.6 Å². The van der Waals surface area contributed by atoms with Crippen molar-refractivity contribution in [2.45, 2.75) is 31.7 Å². The van der Waals surface area contributed by atoms with Gasteiger partial charge in [-0.15, -0.1) is 0 Å². The summed E-state index contributed by atoms with van der Waals surface area (Å²) < 4.78 is 26.9. The largest absolute Gasteiger partial charge is 0.326 e. The highest BCUT2D eigenvalue weighted by atomic mass is 35.5. The molecular formula is C14H21ClN2O2S. The van der Waals surface area contributed by atoms with Gasteiger partial charge in [-0.3, -0.25) is 0 Å². The second-order valence-corrected chi connectivity index (χ2v) is 7.89. The molecule has 1 aromatic carbocycles. The number of halogens is 1. The van der Waals surface area contributed by atoms with Crippen LogP contribution >= 0.6 is 11.6 Å². The molecule has 1 aliphatic rings. The quantitative estimate of drug-likeness (QED) is 0.931. The van der Waals surface area contributed by atoms with Crippen molar-refractivity contribution in [2.75, 3.05) is 13.1 Å². The lowest BCUT2D eigenvalue weighted by Gasteiger charge is -2.34. The number of rotatable bonds is 3. The molecule has 2 N–H and O–H groups in total. The Morgan fingerprint density at radius 2 is 2.05 bits per heavy atom. The molecule has 0 amide bonds. The van der Waals surface area contributed by atoms with Gasteiger partial charge in [-0.2, -0.15) is 4.31 Å². The molecular weight excluding hydrogens is 296 g/mol. The van der Waals surface area contributed by atoms with Crippen LogP contribution < -0.4 is 5.73 Å². The third-order valence-electron chi connectivity index (χ3n) is 4.15. The minimum absolute atomic E-state index is 0.179. The van der Waals surface area contributed by atoms with E-state index >= 15 is 0 Å². The Hall–Kier alpha value is -0.620. The lowest BCUT2D eigenvalue weighted by atomic mass is 9.90. The van der Waals surface area contributed by atoms with Crippen molar-refractivity contribution in [1.82, 2.24) is 4.31 Å². The summed E-state index contributed by atoms with van der Waals surface area (Å²) in [6.07, 6.45) is 0.888. The van der Waals surface area contributed by atoms with Crippen molar-refractivity contribution in [3.8, 4) is 0 Å². The van der Waals surface area contributed by atoms with Crippen LogP contribution in [0.4, 0.5) is 0 Å². The average molecular weight is 317 g/mol. The molecule has 20 heavy (non-hydrogen) atoms. The molecule has 6 heteroatoms. The molecule has 1 saturated heterocycles. The predicted molar refractivity (Wildman–Crippen MR) is 81.0 cm³/mol. The molecule has 0 radical (unpaired) electrons. The predicted octanol–water partition coefficient (Wildman–Crippen LogP) is 2.47. The van der Waals surface area contributed by atoms with Crippen LogP contribution in [0.1, 0.15) is 25.8 Å². The fraction of sp³-hybridized carbons (Fsp3) is 0.571. The second-order valence-electron chi connectivity index (χ2n) is 5.58. The highest BCUT2D eigenvalue weighted by molar-refractivity contribution is 7.89. The van der Waals surface area contributed by atoms with Gasteiger partial charge in [0.2, 0.25) is 10.0 Å². The standard InChI is InChI=1S/C14H21ClN2O2S/c1-10-5-6-17(9-11(10)2)20(18,19)14-4-3-12(8-16)7-13(14)15/h3-4,7,10-11H,5-6,8-9,16H2,1-2H3. The molecule has 112 valence electrons. The molecule has 0 spiro atoms. The van der Waals surface area contributed by atoms with Gasteiger partial charge in [0.25, 0.3) is 0 Å². The van der Waals surface area contributed by atoms with Crippen LogP contribution in [0, 0.1) is 11.8 Å². The number of piperidine rings is 1. The molecule has 1 aromatic rings. The maximum absolute atomic E-state index is 12.7. The van der Waals surface area contributed by atoms with Crippen LogP contribution in [-0.4, -0.2) is 25.8 Å². The van der Waals surface area contributed by atoms with Crippen LogP contribution in [-0.2, 0) is 16.6 Å². The topological polar surface area (TPSA) is 63.4 Å². The number of hydrogen-bond donors (Lipinski definition) is 1. The summed E-state index contributed by atoms with van der Waals surface area (Å²) in [6, 6.07) is 4.90. The third-order valence-corrected chi connectivity index (χ3v) is 6.49. The minimum Gasteiger partial charge on any atom is -0.326 e. The van der Waals surface area contributed by atoms with E-state index in [0.717, 1.165) is 12.0 Å². The first-order valence-electron chi connectivity index (χ1n) is 6.85. The van der Waals surface area contributed by atoms with Gasteiger partial charge >= 0.3 is 0 Å². The zero-order valence-electron chi connectivity index (χ0n) is 11.8. The van der Waals surface area contributed by atoms with E-state index in [-0.39, 0.29) is 9.92 Å². The normalized spacial score (nSPS) is 24.8. The molecule has 2 rings (SSSR count). The van der Waals surface area contributed by atoms with Gasteiger partial charge in [-0.05, 0) is 36.0 Å². The molecule has 0 bridgehead atoms. The molecule has 0 aliphatic carbocycles. The molecule has 4 nitrogen and oxygen atoms in total. The maximum Gasteiger partial charge on any atom is 0.244 e. The van der Waals surface area contributed by atoms with E-state index in [1.54, 1.807) is 22.5 Å².